The van der Waals surface area contributed by atoms with Gasteiger partial charge in [-0.2, -0.15) is 0 Å². The molecule has 0 fully saturated rings. The quantitative estimate of drug-likeness (QED) is 0.784. The van der Waals surface area contributed by atoms with E-state index in [1.165, 1.54) is 6.07 Å². The van der Waals surface area contributed by atoms with Crippen LogP contribution in [0, 0.1) is 17.7 Å². The molecule has 0 aliphatic carbocycles. The fourth-order valence-electron chi connectivity index (χ4n) is 2.66. The summed E-state index contributed by atoms with van der Waals surface area (Å²) in [4.78, 5) is 24.3. The third-order valence-corrected chi connectivity index (χ3v) is 3.92. The molecule has 1 radical (unpaired) electrons. The first kappa shape index (κ1) is 16.9. The summed E-state index contributed by atoms with van der Waals surface area (Å²) in [6.07, 6.45) is 6.60. The molecule has 2 heterocycles. The molecule has 2 amide bonds. The summed E-state index contributed by atoms with van der Waals surface area (Å²) < 4.78 is 26.7. The van der Waals surface area contributed by atoms with Crippen LogP contribution in [0.1, 0.15) is 24.9 Å². The minimum absolute atomic E-state index is 0.146. The molecule has 0 spiro atoms. The number of fused-ring (bicyclic) bond motifs is 1. The van der Waals surface area contributed by atoms with Crippen LogP contribution in [0.15, 0.2) is 53.9 Å². The Balaban J connectivity index is 1.67. The molecule has 1 atom stereocenters. The molecular weight excluding hydrogens is 328 g/mol. The average molecular weight is 344 g/mol. The van der Waals surface area contributed by atoms with Gasteiger partial charge < -0.3 is 16.0 Å². The summed E-state index contributed by atoms with van der Waals surface area (Å²) in [6.45, 7) is 1.59. The number of dihydropyridines is 1. The van der Waals surface area contributed by atoms with Crippen LogP contribution in [-0.4, -0.2) is 11.8 Å². The number of hydrogen-bond donors (Lipinski definition) is 3. The summed E-state index contributed by atoms with van der Waals surface area (Å²) >= 11 is 0. The van der Waals surface area contributed by atoms with Crippen LogP contribution in [0.25, 0.3) is 0 Å². The van der Waals surface area contributed by atoms with E-state index in [1.54, 1.807) is 31.5 Å². The Bertz CT molecular complexity index is 815. The molecule has 129 valence electrons. The Kier molecular flexibility index (Phi) is 4.65. The zero-order valence-electron chi connectivity index (χ0n) is 13.4. The van der Waals surface area contributed by atoms with Crippen molar-refractivity contribution in [2.75, 3.05) is 0 Å². The van der Waals surface area contributed by atoms with Crippen LogP contribution in [0.2, 0.25) is 0 Å². The molecular formula is C18H16F2N3O2. The molecule has 7 heteroatoms. The molecule has 0 aromatic heterocycles. The number of hydrogen-bond acceptors (Lipinski definition) is 3. The Hall–Kier alpha value is -2.96. The second kappa shape index (κ2) is 6.88. The number of carbonyl (C=O) groups is 2. The third-order valence-electron chi connectivity index (χ3n) is 3.92. The monoisotopic (exact) mass is 344 g/mol. The maximum atomic E-state index is 13.8. The first-order valence-electron chi connectivity index (χ1n) is 7.70. The SMILES string of the molecule is C[C@H](NC(=O)CC1=CC2=CNC=C[C]2NC1=O)c1ccc(F)cc1F. The predicted molar refractivity (Wildman–Crippen MR) is 87.4 cm³/mol. The lowest BCUT2D eigenvalue weighted by Gasteiger charge is -2.24. The van der Waals surface area contributed by atoms with Crippen LogP contribution in [-0.2, 0) is 9.59 Å². The zero-order chi connectivity index (χ0) is 18.0. The third kappa shape index (κ3) is 3.76. The fourth-order valence-corrected chi connectivity index (χ4v) is 2.66. The standard InChI is InChI=1S/C18H16F2N3O2/c1-10(14-3-2-13(19)8-15(14)20)22-17(24)7-11-6-12-9-21-5-4-16(12)23-18(11)25/h2-6,8-10,21H,7H2,1H3,(H,22,24)(H,23,25)/t10-/m0/s1. The lowest BCUT2D eigenvalue weighted by Crippen LogP contribution is -2.37. The van der Waals surface area contributed by atoms with Gasteiger partial charge in [0.1, 0.15) is 17.7 Å². The molecule has 3 N–H and O–H groups in total. The van der Waals surface area contributed by atoms with Gasteiger partial charge in [0, 0.05) is 29.0 Å². The number of amides is 2. The molecule has 2 aliphatic rings. The molecule has 0 saturated carbocycles. The number of carbonyl (C=O) groups excluding carboxylic acids is 2. The highest BCUT2D eigenvalue weighted by Crippen LogP contribution is 2.24. The Morgan fingerprint density at radius 2 is 2.12 bits per heavy atom. The van der Waals surface area contributed by atoms with E-state index in [0.29, 0.717) is 11.6 Å². The van der Waals surface area contributed by atoms with Crippen molar-refractivity contribution in [1.82, 2.24) is 16.0 Å². The van der Waals surface area contributed by atoms with E-state index in [0.717, 1.165) is 17.7 Å². The van der Waals surface area contributed by atoms with Gasteiger partial charge in [-0.15, -0.1) is 0 Å². The van der Waals surface area contributed by atoms with Crippen LogP contribution < -0.4 is 16.0 Å². The highest BCUT2D eigenvalue weighted by Gasteiger charge is 2.26. The molecule has 0 bridgehead atoms. The molecule has 1 aromatic rings. The van der Waals surface area contributed by atoms with Gasteiger partial charge in [-0.3, -0.25) is 9.59 Å². The number of nitrogens with one attached hydrogen (secondary N) is 3. The highest BCUT2D eigenvalue weighted by atomic mass is 19.1. The van der Waals surface area contributed by atoms with Gasteiger partial charge in [-0.05, 0) is 31.3 Å². The van der Waals surface area contributed by atoms with Crippen LogP contribution >= 0.6 is 0 Å². The zero-order valence-corrected chi connectivity index (χ0v) is 13.4. The molecule has 2 aliphatic heterocycles. The van der Waals surface area contributed by atoms with Crippen molar-refractivity contribution in [2.24, 2.45) is 0 Å². The molecule has 3 rings (SSSR count). The van der Waals surface area contributed by atoms with Gasteiger partial charge in [0.2, 0.25) is 11.8 Å². The highest BCUT2D eigenvalue weighted by molar-refractivity contribution is 6.02. The Morgan fingerprint density at radius 1 is 1.32 bits per heavy atom. The largest absolute Gasteiger partial charge is 0.367 e. The summed E-state index contributed by atoms with van der Waals surface area (Å²) in [6, 6.07) is 3.19. The van der Waals surface area contributed by atoms with E-state index in [2.05, 4.69) is 16.0 Å². The second-order valence-electron chi connectivity index (χ2n) is 5.77. The predicted octanol–water partition coefficient (Wildman–Crippen LogP) is 2.12. The number of halogens is 2. The van der Waals surface area contributed by atoms with E-state index >= 15 is 0 Å². The molecule has 25 heavy (non-hydrogen) atoms. The summed E-state index contributed by atoms with van der Waals surface area (Å²) in [5, 5.41) is 8.23. The second-order valence-corrected chi connectivity index (χ2v) is 5.77. The van der Waals surface area contributed by atoms with Gasteiger partial charge in [-0.1, -0.05) is 6.07 Å². The number of rotatable bonds is 4. The van der Waals surface area contributed by atoms with Crippen molar-refractivity contribution >= 4 is 11.8 Å². The molecule has 5 nitrogen and oxygen atoms in total. The first-order chi connectivity index (χ1) is 11.9. The Labute approximate surface area is 143 Å². The summed E-state index contributed by atoms with van der Waals surface area (Å²) in [7, 11) is 0. The molecule has 0 unspecified atom stereocenters. The van der Waals surface area contributed by atoms with Gasteiger partial charge >= 0.3 is 0 Å². The normalized spacial score (nSPS) is 17.6. The smallest absolute Gasteiger partial charge is 0.248 e. The van der Waals surface area contributed by atoms with Crippen LogP contribution in [0.4, 0.5) is 8.78 Å². The lowest BCUT2D eigenvalue weighted by atomic mass is 9.96. The van der Waals surface area contributed by atoms with Crippen molar-refractivity contribution in [2.45, 2.75) is 19.4 Å². The van der Waals surface area contributed by atoms with Gasteiger partial charge in [0.25, 0.3) is 0 Å². The number of benzene rings is 1. The van der Waals surface area contributed by atoms with Crippen LogP contribution in [0.3, 0.4) is 0 Å². The van der Waals surface area contributed by atoms with Gasteiger partial charge in [0.15, 0.2) is 0 Å². The van der Waals surface area contributed by atoms with E-state index in [4.69, 9.17) is 0 Å². The van der Waals surface area contributed by atoms with Crippen molar-refractivity contribution < 1.29 is 18.4 Å². The van der Waals surface area contributed by atoms with Crippen LogP contribution in [0.5, 0.6) is 0 Å². The van der Waals surface area contributed by atoms with E-state index in [9.17, 15) is 18.4 Å². The topological polar surface area (TPSA) is 70.2 Å². The van der Waals surface area contributed by atoms with Crippen molar-refractivity contribution in [3.63, 3.8) is 0 Å². The maximum Gasteiger partial charge on any atom is 0.248 e. The lowest BCUT2D eigenvalue weighted by molar-refractivity contribution is -0.123. The van der Waals surface area contributed by atoms with E-state index < -0.39 is 23.6 Å². The van der Waals surface area contributed by atoms with E-state index in [1.807, 2.05) is 0 Å². The minimum atomic E-state index is -0.730. The minimum Gasteiger partial charge on any atom is -0.367 e. The van der Waals surface area contributed by atoms with Gasteiger partial charge in [0.05, 0.1) is 12.5 Å². The molecule has 1 aromatic carbocycles. The first-order valence-corrected chi connectivity index (χ1v) is 7.70. The summed E-state index contributed by atoms with van der Waals surface area (Å²) in [5.41, 5.74) is 1.25. The average Bonchev–Trinajstić information content (AvgIpc) is 2.55. The van der Waals surface area contributed by atoms with Gasteiger partial charge in [-0.25, -0.2) is 8.78 Å². The van der Waals surface area contributed by atoms with E-state index in [-0.39, 0.29) is 17.9 Å². The fraction of sp³-hybridized carbons (Fsp3) is 0.167. The molecule has 0 saturated heterocycles. The Morgan fingerprint density at radius 3 is 2.88 bits per heavy atom. The van der Waals surface area contributed by atoms with Crippen molar-refractivity contribution in [1.29, 1.82) is 0 Å². The van der Waals surface area contributed by atoms with Crippen molar-refractivity contribution in [3.05, 3.63) is 77.1 Å². The van der Waals surface area contributed by atoms with Crippen molar-refractivity contribution in [3.8, 4) is 0 Å². The summed E-state index contributed by atoms with van der Waals surface area (Å²) in [5.74, 6) is -2.19. The maximum absolute atomic E-state index is 13.8.